The molecule has 0 radical (unpaired) electrons. The summed E-state index contributed by atoms with van der Waals surface area (Å²) in [5, 5.41) is 14.7. The summed E-state index contributed by atoms with van der Waals surface area (Å²) in [6.45, 7) is -0.546. The van der Waals surface area contributed by atoms with Crippen LogP contribution in [0.3, 0.4) is 0 Å². The van der Waals surface area contributed by atoms with Gasteiger partial charge in [0.25, 0.3) is 6.10 Å². The van der Waals surface area contributed by atoms with E-state index in [9.17, 15) is 26.3 Å². The van der Waals surface area contributed by atoms with Gasteiger partial charge < -0.3 is 9.84 Å². The summed E-state index contributed by atoms with van der Waals surface area (Å²) in [4.78, 5) is 0. The molecule has 1 heterocycles. The molecule has 0 atom stereocenters. The Morgan fingerprint density at radius 2 is 1.61 bits per heavy atom. The Kier molecular flexibility index (Phi) is 3.99. The summed E-state index contributed by atoms with van der Waals surface area (Å²) in [6.07, 6.45) is -15.2. The summed E-state index contributed by atoms with van der Waals surface area (Å²) in [5.41, 5.74) is -0.0158. The minimum Gasteiger partial charge on any atom is -0.454 e. The molecule has 0 unspecified atom stereocenters. The number of ether oxygens (including phenoxy) is 1. The zero-order chi connectivity index (χ0) is 14.0. The minimum atomic E-state index is -5.62. The van der Waals surface area contributed by atoms with Gasteiger partial charge in [-0.2, -0.15) is 26.3 Å². The van der Waals surface area contributed by atoms with Gasteiger partial charge in [0, 0.05) is 6.07 Å². The molecule has 18 heavy (non-hydrogen) atoms. The van der Waals surface area contributed by atoms with Crippen molar-refractivity contribution in [1.82, 2.24) is 10.2 Å². The molecule has 1 aromatic rings. The molecule has 1 rings (SSSR count). The number of aliphatic hydroxyl groups excluding tert-OH is 1. The number of halogens is 6. The highest BCUT2D eigenvalue weighted by molar-refractivity contribution is 5.11. The van der Waals surface area contributed by atoms with Gasteiger partial charge >= 0.3 is 12.4 Å². The van der Waals surface area contributed by atoms with Gasteiger partial charge in [-0.15, -0.1) is 10.2 Å². The maximum Gasteiger partial charge on any atom is 0.434 e. The van der Waals surface area contributed by atoms with Crippen molar-refractivity contribution in [2.24, 2.45) is 0 Å². The largest absolute Gasteiger partial charge is 0.454 e. The third-order valence-corrected chi connectivity index (χ3v) is 1.69. The smallest absolute Gasteiger partial charge is 0.434 e. The Bertz CT molecular complexity index is 374. The van der Waals surface area contributed by atoms with Crippen molar-refractivity contribution < 1.29 is 36.2 Å². The standard InChI is InChI=1S/C8H6F6N2O2/c9-7(10,11)6(8(12,13)14)18-5-2-1-4(3-17)15-16-5/h1-2,6,17H,3H2. The fourth-order valence-electron chi connectivity index (χ4n) is 0.935. The number of rotatable bonds is 3. The number of aliphatic hydroxyl groups is 1. The molecular weight excluding hydrogens is 270 g/mol. The van der Waals surface area contributed by atoms with E-state index in [4.69, 9.17) is 5.11 Å². The van der Waals surface area contributed by atoms with Crippen molar-refractivity contribution in [1.29, 1.82) is 0 Å². The molecule has 102 valence electrons. The highest BCUT2D eigenvalue weighted by atomic mass is 19.4. The second-order valence-electron chi connectivity index (χ2n) is 3.10. The molecule has 0 saturated heterocycles. The fourth-order valence-corrected chi connectivity index (χ4v) is 0.935. The minimum absolute atomic E-state index is 0.0158. The lowest BCUT2D eigenvalue weighted by molar-refractivity contribution is -0.300. The molecule has 0 aliphatic heterocycles. The van der Waals surface area contributed by atoms with E-state index >= 15 is 0 Å². The van der Waals surface area contributed by atoms with E-state index in [0.717, 1.165) is 12.1 Å². The number of hydrogen-bond donors (Lipinski definition) is 1. The van der Waals surface area contributed by atoms with Crippen LogP contribution >= 0.6 is 0 Å². The van der Waals surface area contributed by atoms with Crippen LogP contribution in [0.15, 0.2) is 12.1 Å². The topological polar surface area (TPSA) is 55.2 Å². The van der Waals surface area contributed by atoms with Gasteiger partial charge in [0.2, 0.25) is 5.88 Å². The molecule has 4 nitrogen and oxygen atoms in total. The van der Waals surface area contributed by atoms with Gasteiger partial charge in [0.05, 0.1) is 12.3 Å². The Labute approximate surface area is 96.2 Å². The van der Waals surface area contributed by atoms with Crippen LogP contribution in [0.25, 0.3) is 0 Å². The average Bonchev–Trinajstić information content (AvgIpc) is 2.23. The van der Waals surface area contributed by atoms with Crippen LogP contribution in [0.5, 0.6) is 5.88 Å². The molecule has 1 N–H and O–H groups in total. The Morgan fingerprint density at radius 1 is 1.06 bits per heavy atom. The van der Waals surface area contributed by atoms with Crippen LogP contribution in [-0.4, -0.2) is 33.8 Å². The zero-order valence-corrected chi connectivity index (χ0v) is 8.46. The number of nitrogens with zero attached hydrogens (tertiary/aromatic N) is 2. The van der Waals surface area contributed by atoms with Crippen LogP contribution < -0.4 is 4.74 Å². The van der Waals surface area contributed by atoms with E-state index in [-0.39, 0.29) is 5.69 Å². The lowest BCUT2D eigenvalue weighted by Gasteiger charge is -2.22. The maximum absolute atomic E-state index is 12.1. The fraction of sp³-hybridized carbons (Fsp3) is 0.500. The first kappa shape index (κ1) is 14.5. The molecule has 1 aromatic heterocycles. The van der Waals surface area contributed by atoms with Gasteiger partial charge in [-0.25, -0.2) is 0 Å². The van der Waals surface area contributed by atoms with Gasteiger partial charge in [-0.1, -0.05) is 0 Å². The van der Waals surface area contributed by atoms with E-state index in [1.807, 2.05) is 0 Å². The molecule has 0 fully saturated rings. The number of aromatic nitrogens is 2. The summed E-state index contributed by atoms with van der Waals surface area (Å²) in [5.74, 6) is -0.938. The Morgan fingerprint density at radius 3 is 1.94 bits per heavy atom. The Hall–Kier alpha value is -1.58. The van der Waals surface area contributed by atoms with Gasteiger partial charge in [-0.3, -0.25) is 0 Å². The second kappa shape index (κ2) is 4.96. The predicted molar refractivity (Wildman–Crippen MR) is 44.5 cm³/mol. The SMILES string of the molecule is OCc1ccc(OC(C(F)(F)F)C(F)(F)F)nn1. The van der Waals surface area contributed by atoms with Crippen LogP contribution in [-0.2, 0) is 6.61 Å². The molecule has 0 amide bonds. The normalized spacial score (nSPS) is 12.9. The van der Waals surface area contributed by atoms with Crippen molar-refractivity contribution in [3.05, 3.63) is 17.8 Å². The molecule has 10 heteroatoms. The van der Waals surface area contributed by atoms with E-state index in [0.29, 0.717) is 0 Å². The number of alkyl halides is 6. The molecule has 0 aliphatic carbocycles. The Balaban J connectivity index is 2.90. The van der Waals surface area contributed by atoms with Gasteiger partial charge in [0.15, 0.2) is 0 Å². The average molecular weight is 276 g/mol. The summed E-state index contributed by atoms with van der Waals surface area (Å²) in [7, 11) is 0. The van der Waals surface area contributed by atoms with Crippen molar-refractivity contribution in [3.63, 3.8) is 0 Å². The summed E-state index contributed by atoms with van der Waals surface area (Å²) >= 11 is 0. The second-order valence-corrected chi connectivity index (χ2v) is 3.10. The summed E-state index contributed by atoms with van der Waals surface area (Å²) < 4.78 is 76.4. The first-order valence-corrected chi connectivity index (χ1v) is 4.38. The number of hydrogen-bond acceptors (Lipinski definition) is 4. The van der Waals surface area contributed by atoms with Crippen LogP contribution in [0, 0.1) is 0 Å². The third-order valence-electron chi connectivity index (χ3n) is 1.69. The lowest BCUT2D eigenvalue weighted by Crippen LogP contribution is -2.46. The molecular formula is C8H6F6N2O2. The van der Waals surface area contributed by atoms with Crippen molar-refractivity contribution in [3.8, 4) is 5.88 Å². The molecule has 0 aliphatic rings. The first-order valence-electron chi connectivity index (χ1n) is 4.38. The summed E-state index contributed by atoms with van der Waals surface area (Å²) in [6, 6.07) is 1.75. The van der Waals surface area contributed by atoms with Crippen molar-refractivity contribution >= 4 is 0 Å². The van der Waals surface area contributed by atoms with Crippen LogP contribution in [0.1, 0.15) is 5.69 Å². The van der Waals surface area contributed by atoms with Crippen LogP contribution in [0.4, 0.5) is 26.3 Å². The van der Waals surface area contributed by atoms with E-state index < -0.39 is 30.9 Å². The molecule has 0 spiro atoms. The van der Waals surface area contributed by atoms with E-state index in [1.165, 1.54) is 0 Å². The zero-order valence-electron chi connectivity index (χ0n) is 8.46. The van der Waals surface area contributed by atoms with E-state index in [2.05, 4.69) is 14.9 Å². The first-order chi connectivity index (χ1) is 8.14. The third kappa shape index (κ3) is 3.72. The molecule has 0 aromatic carbocycles. The highest BCUT2D eigenvalue weighted by Gasteiger charge is 2.59. The molecule has 0 saturated carbocycles. The van der Waals surface area contributed by atoms with Gasteiger partial charge in [0.1, 0.15) is 0 Å². The quantitative estimate of drug-likeness (QED) is 0.856. The molecule has 0 bridgehead atoms. The van der Waals surface area contributed by atoms with E-state index in [1.54, 1.807) is 0 Å². The maximum atomic E-state index is 12.1. The van der Waals surface area contributed by atoms with Crippen LogP contribution in [0.2, 0.25) is 0 Å². The predicted octanol–water partition coefficient (Wildman–Crippen LogP) is 1.84. The lowest BCUT2D eigenvalue weighted by atomic mass is 10.3. The monoisotopic (exact) mass is 276 g/mol. The van der Waals surface area contributed by atoms with Crippen molar-refractivity contribution in [2.45, 2.75) is 25.1 Å². The van der Waals surface area contributed by atoms with Crippen molar-refractivity contribution in [2.75, 3.05) is 0 Å². The van der Waals surface area contributed by atoms with Gasteiger partial charge in [-0.05, 0) is 6.07 Å². The highest BCUT2D eigenvalue weighted by Crippen LogP contribution is 2.35.